The molecular weight excluding hydrogens is 214 g/mol. The summed E-state index contributed by atoms with van der Waals surface area (Å²) in [7, 11) is 0. The molecule has 100 valence electrons. The minimum absolute atomic E-state index is 0.185. The van der Waals surface area contributed by atoms with Gasteiger partial charge in [-0.2, -0.15) is 0 Å². The van der Waals surface area contributed by atoms with Crippen molar-refractivity contribution in [3.8, 4) is 0 Å². The number of aliphatic hydroxyl groups is 1. The highest BCUT2D eigenvalue weighted by Crippen LogP contribution is 2.08. The Kier molecular flexibility index (Phi) is 11.1. The van der Waals surface area contributed by atoms with Crippen LogP contribution in [-0.4, -0.2) is 29.2 Å². The summed E-state index contributed by atoms with van der Waals surface area (Å²) in [4.78, 5) is 12.6. The van der Waals surface area contributed by atoms with Crippen molar-refractivity contribution in [1.82, 2.24) is 4.90 Å². The van der Waals surface area contributed by atoms with Gasteiger partial charge >= 0.3 is 0 Å². The third kappa shape index (κ3) is 8.93. The van der Waals surface area contributed by atoms with Crippen LogP contribution in [0.15, 0.2) is 12.7 Å². The molecule has 0 unspecified atom stereocenters. The number of aliphatic hydroxyl groups excluding tert-OH is 1. The molecule has 0 aliphatic heterocycles. The molecule has 1 amide bonds. The lowest BCUT2D eigenvalue weighted by atomic mass is 10.1. The number of hydrogen-bond donors (Lipinski definition) is 1. The molecule has 0 aromatic rings. The van der Waals surface area contributed by atoms with E-state index in [-0.39, 0.29) is 12.6 Å². The van der Waals surface area contributed by atoms with Gasteiger partial charge in [0.15, 0.2) is 0 Å². The van der Waals surface area contributed by atoms with Crippen LogP contribution in [-0.2, 0) is 4.79 Å². The van der Waals surface area contributed by atoms with Crippen LogP contribution >= 0.6 is 0 Å². The topological polar surface area (TPSA) is 40.5 Å². The summed E-state index contributed by atoms with van der Waals surface area (Å²) < 4.78 is 0. The van der Waals surface area contributed by atoms with Crippen LogP contribution < -0.4 is 0 Å². The lowest BCUT2D eigenvalue weighted by Gasteiger charge is -2.17. The zero-order valence-corrected chi connectivity index (χ0v) is 11.2. The molecule has 0 saturated carbocycles. The number of hydrogen-bond acceptors (Lipinski definition) is 2. The van der Waals surface area contributed by atoms with Crippen LogP contribution in [0.5, 0.6) is 0 Å². The van der Waals surface area contributed by atoms with Gasteiger partial charge in [-0.15, -0.1) is 0 Å². The van der Waals surface area contributed by atoms with Gasteiger partial charge in [-0.25, -0.2) is 0 Å². The molecular formula is C14H27NO2. The van der Waals surface area contributed by atoms with Crippen molar-refractivity contribution in [3.63, 3.8) is 0 Å². The molecule has 17 heavy (non-hydrogen) atoms. The maximum Gasteiger partial charge on any atom is 0.247 e. The Balaban J connectivity index is 3.37. The van der Waals surface area contributed by atoms with E-state index in [0.717, 1.165) is 12.8 Å². The Morgan fingerprint density at radius 3 is 2.12 bits per heavy atom. The van der Waals surface area contributed by atoms with Crippen LogP contribution in [0.3, 0.4) is 0 Å². The quantitative estimate of drug-likeness (QED) is 0.343. The maximum absolute atomic E-state index is 11.2. The smallest absolute Gasteiger partial charge is 0.247 e. The summed E-state index contributed by atoms with van der Waals surface area (Å²) >= 11 is 0. The van der Waals surface area contributed by atoms with Gasteiger partial charge in [0.25, 0.3) is 0 Å². The van der Waals surface area contributed by atoms with E-state index in [4.69, 9.17) is 5.11 Å². The maximum atomic E-state index is 11.2. The molecule has 0 fully saturated rings. The number of carbonyl (C=O) groups excluding carboxylic acids is 1. The summed E-state index contributed by atoms with van der Waals surface area (Å²) in [6, 6.07) is 0. The van der Waals surface area contributed by atoms with Crippen molar-refractivity contribution in [2.75, 3.05) is 13.3 Å². The molecule has 0 aromatic heterocycles. The van der Waals surface area contributed by atoms with Crippen molar-refractivity contribution in [2.45, 2.75) is 58.3 Å². The van der Waals surface area contributed by atoms with Crippen LogP contribution in [0.25, 0.3) is 0 Å². The summed E-state index contributed by atoms with van der Waals surface area (Å²) in [5, 5.41) is 8.98. The lowest BCUT2D eigenvalue weighted by Crippen LogP contribution is -2.31. The van der Waals surface area contributed by atoms with E-state index in [1.807, 2.05) is 0 Å². The van der Waals surface area contributed by atoms with E-state index < -0.39 is 0 Å². The highest BCUT2D eigenvalue weighted by atomic mass is 16.3. The minimum atomic E-state index is -0.207. The SMILES string of the molecule is C=CC(=O)N(CO)CCCCCCCCCC. The lowest BCUT2D eigenvalue weighted by molar-refractivity contribution is -0.129. The standard InChI is InChI=1S/C14H27NO2/c1-3-5-6-7-8-9-10-11-12-15(13-16)14(17)4-2/h4,16H,2-3,5-13H2,1H3. The predicted octanol–water partition coefficient (Wildman–Crippen LogP) is 3.09. The molecule has 0 rings (SSSR count). The van der Waals surface area contributed by atoms with Crippen molar-refractivity contribution >= 4 is 5.91 Å². The molecule has 0 aliphatic rings. The van der Waals surface area contributed by atoms with Gasteiger partial charge in [-0.1, -0.05) is 58.4 Å². The van der Waals surface area contributed by atoms with Gasteiger partial charge < -0.3 is 10.0 Å². The second-order valence-corrected chi connectivity index (χ2v) is 4.42. The first-order chi connectivity index (χ1) is 8.26. The van der Waals surface area contributed by atoms with Gasteiger partial charge in [0.1, 0.15) is 6.73 Å². The molecule has 0 heterocycles. The Labute approximate surface area is 106 Å². The van der Waals surface area contributed by atoms with Gasteiger partial charge in [0.05, 0.1) is 0 Å². The Morgan fingerprint density at radius 1 is 1.12 bits per heavy atom. The van der Waals surface area contributed by atoms with Crippen molar-refractivity contribution < 1.29 is 9.90 Å². The predicted molar refractivity (Wildman–Crippen MR) is 71.6 cm³/mol. The van der Waals surface area contributed by atoms with Gasteiger partial charge in [-0.3, -0.25) is 4.79 Å². The number of amides is 1. The van der Waals surface area contributed by atoms with Crippen LogP contribution in [0.2, 0.25) is 0 Å². The molecule has 3 heteroatoms. The van der Waals surface area contributed by atoms with E-state index in [2.05, 4.69) is 13.5 Å². The van der Waals surface area contributed by atoms with Crippen molar-refractivity contribution in [1.29, 1.82) is 0 Å². The largest absolute Gasteiger partial charge is 0.376 e. The number of nitrogens with zero attached hydrogens (tertiary/aromatic N) is 1. The van der Waals surface area contributed by atoms with Gasteiger partial charge in [-0.05, 0) is 12.5 Å². The Hall–Kier alpha value is -0.830. The second kappa shape index (κ2) is 11.6. The Bertz CT molecular complexity index is 204. The van der Waals surface area contributed by atoms with E-state index in [1.54, 1.807) is 0 Å². The van der Waals surface area contributed by atoms with Crippen LogP contribution in [0.1, 0.15) is 58.3 Å². The number of rotatable bonds is 11. The monoisotopic (exact) mass is 241 g/mol. The summed E-state index contributed by atoms with van der Waals surface area (Å²) in [6.07, 6.45) is 11.2. The minimum Gasteiger partial charge on any atom is -0.376 e. The second-order valence-electron chi connectivity index (χ2n) is 4.42. The van der Waals surface area contributed by atoms with Gasteiger partial charge in [0.2, 0.25) is 5.91 Å². The average Bonchev–Trinajstić information content (AvgIpc) is 2.36. The first-order valence-electron chi connectivity index (χ1n) is 6.78. The highest BCUT2D eigenvalue weighted by Gasteiger charge is 2.06. The molecule has 0 radical (unpaired) electrons. The normalized spacial score (nSPS) is 10.2. The summed E-state index contributed by atoms with van der Waals surface area (Å²) in [5.41, 5.74) is 0. The molecule has 3 nitrogen and oxygen atoms in total. The van der Waals surface area contributed by atoms with Gasteiger partial charge in [0, 0.05) is 6.54 Å². The van der Waals surface area contributed by atoms with Crippen molar-refractivity contribution in [2.24, 2.45) is 0 Å². The molecule has 0 aliphatic carbocycles. The molecule has 0 saturated heterocycles. The Morgan fingerprint density at radius 2 is 1.65 bits per heavy atom. The first-order valence-corrected chi connectivity index (χ1v) is 6.78. The molecule has 0 bridgehead atoms. The van der Waals surface area contributed by atoms with Crippen LogP contribution in [0.4, 0.5) is 0 Å². The zero-order valence-electron chi connectivity index (χ0n) is 11.2. The van der Waals surface area contributed by atoms with E-state index >= 15 is 0 Å². The third-order valence-corrected chi connectivity index (χ3v) is 2.94. The van der Waals surface area contributed by atoms with E-state index in [0.29, 0.717) is 6.54 Å². The summed E-state index contributed by atoms with van der Waals surface area (Å²) in [6.45, 7) is 6.06. The summed E-state index contributed by atoms with van der Waals surface area (Å²) in [5.74, 6) is -0.185. The fourth-order valence-electron chi connectivity index (χ4n) is 1.82. The average molecular weight is 241 g/mol. The highest BCUT2D eigenvalue weighted by molar-refractivity contribution is 5.86. The van der Waals surface area contributed by atoms with E-state index in [1.165, 1.54) is 49.5 Å². The first kappa shape index (κ1) is 16.2. The van der Waals surface area contributed by atoms with Crippen LogP contribution in [0, 0.1) is 0 Å². The van der Waals surface area contributed by atoms with Crippen molar-refractivity contribution in [3.05, 3.63) is 12.7 Å². The number of carbonyl (C=O) groups is 1. The molecule has 1 N–H and O–H groups in total. The third-order valence-electron chi connectivity index (χ3n) is 2.94. The number of unbranched alkanes of at least 4 members (excludes halogenated alkanes) is 7. The zero-order chi connectivity index (χ0) is 12.9. The molecule has 0 aromatic carbocycles. The molecule has 0 atom stereocenters. The fraction of sp³-hybridized carbons (Fsp3) is 0.786. The van der Waals surface area contributed by atoms with E-state index in [9.17, 15) is 4.79 Å². The fourth-order valence-corrected chi connectivity index (χ4v) is 1.82. The molecule has 0 spiro atoms.